The molecule has 0 aliphatic rings. The van der Waals surface area contributed by atoms with Crippen LogP contribution in [0.5, 0.6) is 5.75 Å². The maximum absolute atomic E-state index is 13.2. The molecule has 6 heteroatoms. The molecule has 0 spiro atoms. The predicted molar refractivity (Wildman–Crippen MR) is 110 cm³/mol. The van der Waals surface area contributed by atoms with Gasteiger partial charge in [-0.15, -0.1) is 0 Å². The van der Waals surface area contributed by atoms with E-state index in [0.29, 0.717) is 10.2 Å². The van der Waals surface area contributed by atoms with Crippen molar-refractivity contribution in [2.24, 2.45) is 0 Å². The predicted octanol–water partition coefficient (Wildman–Crippen LogP) is 4.83. The summed E-state index contributed by atoms with van der Waals surface area (Å²) < 4.78 is 35.1. The van der Waals surface area contributed by atoms with Crippen LogP contribution >= 0.6 is 15.9 Å². The standard InChI is InChI=1S/C21H20BrNO3S/c1-15-8-10-17(11-9-15)21(16-6-4-3-5-7-16)23-27(24,25)20-14-18(22)12-13-19(20)26-2/h3-14,21,23H,1-2H3/t21-/m0/s1. The van der Waals surface area contributed by atoms with Gasteiger partial charge < -0.3 is 4.74 Å². The Morgan fingerprint density at radius 2 is 1.56 bits per heavy atom. The zero-order chi connectivity index (χ0) is 19.4. The SMILES string of the molecule is COc1ccc(Br)cc1S(=O)(=O)N[C@@H](c1ccccc1)c1ccc(C)cc1. The molecular formula is C21H20BrNO3S. The quantitative estimate of drug-likeness (QED) is 0.590. The minimum Gasteiger partial charge on any atom is -0.495 e. The number of aryl methyl sites for hydroxylation is 1. The van der Waals surface area contributed by atoms with Gasteiger partial charge in [0, 0.05) is 4.47 Å². The molecule has 0 fully saturated rings. The van der Waals surface area contributed by atoms with Crippen LogP contribution < -0.4 is 9.46 Å². The van der Waals surface area contributed by atoms with Crippen molar-refractivity contribution in [2.75, 3.05) is 7.11 Å². The third-order valence-electron chi connectivity index (χ3n) is 4.23. The van der Waals surface area contributed by atoms with Gasteiger partial charge in [-0.3, -0.25) is 0 Å². The molecule has 3 rings (SSSR count). The molecule has 0 amide bonds. The summed E-state index contributed by atoms with van der Waals surface area (Å²) in [5, 5.41) is 0. The Morgan fingerprint density at radius 3 is 2.19 bits per heavy atom. The molecule has 0 unspecified atom stereocenters. The van der Waals surface area contributed by atoms with Gasteiger partial charge in [0.15, 0.2) is 0 Å². The molecule has 0 radical (unpaired) electrons. The summed E-state index contributed by atoms with van der Waals surface area (Å²) in [6, 6.07) is 21.7. The lowest BCUT2D eigenvalue weighted by molar-refractivity contribution is 0.402. The van der Waals surface area contributed by atoms with E-state index in [1.165, 1.54) is 7.11 Å². The number of benzene rings is 3. The first-order valence-electron chi connectivity index (χ1n) is 8.38. The van der Waals surface area contributed by atoms with Gasteiger partial charge in [0.1, 0.15) is 10.6 Å². The van der Waals surface area contributed by atoms with Gasteiger partial charge in [0.2, 0.25) is 10.0 Å². The summed E-state index contributed by atoms with van der Waals surface area (Å²) in [5.41, 5.74) is 2.84. The van der Waals surface area contributed by atoms with Crippen molar-refractivity contribution in [3.63, 3.8) is 0 Å². The molecule has 3 aromatic rings. The molecule has 0 aromatic heterocycles. The monoisotopic (exact) mass is 445 g/mol. The number of rotatable bonds is 6. The van der Waals surface area contributed by atoms with Gasteiger partial charge in [-0.2, -0.15) is 4.72 Å². The molecule has 4 nitrogen and oxygen atoms in total. The highest BCUT2D eigenvalue weighted by Crippen LogP contribution is 2.30. The Morgan fingerprint density at radius 1 is 0.926 bits per heavy atom. The first kappa shape index (κ1) is 19.6. The fourth-order valence-corrected chi connectivity index (χ4v) is 4.73. The number of methoxy groups -OCH3 is 1. The van der Waals surface area contributed by atoms with E-state index in [2.05, 4.69) is 20.7 Å². The number of hydrogen-bond donors (Lipinski definition) is 1. The van der Waals surface area contributed by atoms with Crippen molar-refractivity contribution in [3.8, 4) is 5.75 Å². The van der Waals surface area contributed by atoms with E-state index >= 15 is 0 Å². The van der Waals surface area contributed by atoms with Gasteiger partial charge in [0.05, 0.1) is 13.2 Å². The van der Waals surface area contributed by atoms with Crippen molar-refractivity contribution >= 4 is 26.0 Å². The molecule has 1 N–H and O–H groups in total. The molecule has 1 atom stereocenters. The Kier molecular flexibility index (Phi) is 5.99. The van der Waals surface area contributed by atoms with Gasteiger partial charge >= 0.3 is 0 Å². The lowest BCUT2D eigenvalue weighted by Crippen LogP contribution is -2.29. The summed E-state index contributed by atoms with van der Waals surface area (Å²) in [5.74, 6) is 0.293. The normalized spacial score (nSPS) is 12.6. The van der Waals surface area contributed by atoms with E-state index in [-0.39, 0.29) is 4.90 Å². The lowest BCUT2D eigenvalue weighted by atomic mass is 9.99. The molecule has 0 bridgehead atoms. The highest BCUT2D eigenvalue weighted by molar-refractivity contribution is 9.10. The van der Waals surface area contributed by atoms with Gasteiger partial charge in [-0.25, -0.2) is 8.42 Å². The summed E-state index contributed by atoms with van der Waals surface area (Å²) in [7, 11) is -2.38. The number of hydrogen-bond acceptors (Lipinski definition) is 3. The van der Waals surface area contributed by atoms with E-state index in [0.717, 1.165) is 16.7 Å². The van der Waals surface area contributed by atoms with Crippen LogP contribution in [0.15, 0.2) is 82.2 Å². The first-order chi connectivity index (χ1) is 12.9. The van der Waals surface area contributed by atoms with E-state index < -0.39 is 16.1 Å². The largest absolute Gasteiger partial charge is 0.495 e. The van der Waals surface area contributed by atoms with E-state index in [1.807, 2.05) is 61.5 Å². The number of halogens is 1. The third-order valence-corrected chi connectivity index (χ3v) is 6.17. The van der Waals surface area contributed by atoms with Crippen molar-refractivity contribution < 1.29 is 13.2 Å². The number of sulfonamides is 1. The molecule has 27 heavy (non-hydrogen) atoms. The second-order valence-electron chi connectivity index (χ2n) is 6.17. The molecule has 0 aliphatic carbocycles. The Balaban J connectivity index is 2.06. The van der Waals surface area contributed by atoms with Crippen molar-refractivity contribution in [1.82, 2.24) is 4.72 Å². The van der Waals surface area contributed by atoms with Crippen LogP contribution in [-0.2, 0) is 10.0 Å². The highest BCUT2D eigenvalue weighted by Gasteiger charge is 2.26. The minimum absolute atomic E-state index is 0.0902. The molecule has 0 saturated heterocycles. The van der Waals surface area contributed by atoms with Crippen LogP contribution in [0.1, 0.15) is 22.7 Å². The molecule has 3 aromatic carbocycles. The zero-order valence-corrected chi connectivity index (χ0v) is 17.4. The van der Waals surface area contributed by atoms with Crippen LogP contribution in [0.3, 0.4) is 0 Å². The van der Waals surface area contributed by atoms with Crippen LogP contribution in [0.25, 0.3) is 0 Å². The molecule has 0 heterocycles. The summed E-state index contributed by atoms with van der Waals surface area (Å²) in [6.45, 7) is 2.00. The average molecular weight is 446 g/mol. The Hall–Kier alpha value is -2.15. The third kappa shape index (κ3) is 4.58. The minimum atomic E-state index is -3.84. The zero-order valence-electron chi connectivity index (χ0n) is 15.0. The lowest BCUT2D eigenvalue weighted by Gasteiger charge is -2.21. The summed E-state index contributed by atoms with van der Waals surface area (Å²) >= 11 is 3.33. The van der Waals surface area contributed by atoms with Crippen molar-refractivity contribution in [3.05, 3.63) is 94.0 Å². The van der Waals surface area contributed by atoms with Crippen LogP contribution in [-0.4, -0.2) is 15.5 Å². The Labute approximate surface area is 168 Å². The van der Waals surface area contributed by atoms with Crippen LogP contribution in [0, 0.1) is 6.92 Å². The van der Waals surface area contributed by atoms with Gasteiger partial charge in [-0.1, -0.05) is 76.1 Å². The number of ether oxygens (including phenoxy) is 1. The fourth-order valence-electron chi connectivity index (χ4n) is 2.81. The van der Waals surface area contributed by atoms with Gasteiger partial charge in [-0.05, 0) is 36.2 Å². The maximum Gasteiger partial charge on any atom is 0.245 e. The van der Waals surface area contributed by atoms with Crippen LogP contribution in [0.4, 0.5) is 0 Å². The molecular weight excluding hydrogens is 426 g/mol. The average Bonchev–Trinajstić information content (AvgIpc) is 2.67. The summed E-state index contributed by atoms with van der Waals surface area (Å²) in [4.78, 5) is 0.0902. The maximum atomic E-state index is 13.2. The highest BCUT2D eigenvalue weighted by atomic mass is 79.9. The van der Waals surface area contributed by atoms with Gasteiger partial charge in [0.25, 0.3) is 0 Å². The second kappa shape index (κ2) is 8.25. The van der Waals surface area contributed by atoms with Crippen LogP contribution in [0.2, 0.25) is 0 Å². The number of nitrogens with one attached hydrogen (secondary N) is 1. The van der Waals surface area contributed by atoms with Crippen molar-refractivity contribution in [2.45, 2.75) is 17.9 Å². The topological polar surface area (TPSA) is 55.4 Å². The van der Waals surface area contributed by atoms with E-state index in [1.54, 1.807) is 18.2 Å². The molecule has 0 aliphatic heterocycles. The van der Waals surface area contributed by atoms with E-state index in [9.17, 15) is 8.42 Å². The first-order valence-corrected chi connectivity index (χ1v) is 10.7. The smallest absolute Gasteiger partial charge is 0.245 e. The Bertz CT molecular complexity index is 1020. The summed E-state index contributed by atoms with van der Waals surface area (Å²) in [6.07, 6.45) is 0. The van der Waals surface area contributed by atoms with Crippen molar-refractivity contribution in [1.29, 1.82) is 0 Å². The molecule has 140 valence electrons. The fraction of sp³-hybridized carbons (Fsp3) is 0.143. The molecule has 0 saturated carbocycles. The van der Waals surface area contributed by atoms with E-state index in [4.69, 9.17) is 4.74 Å². The second-order valence-corrected chi connectivity index (χ2v) is 8.77.